The molecular formula is C3H10Li2O2. The van der Waals surface area contributed by atoms with Gasteiger partial charge in [0.2, 0.25) is 0 Å². The Balaban J connectivity index is -0.0000000133. The van der Waals surface area contributed by atoms with Crippen molar-refractivity contribution in [3.8, 4) is 0 Å². The van der Waals surface area contributed by atoms with Gasteiger partial charge in [-0.25, -0.2) is 0 Å². The van der Waals surface area contributed by atoms with Gasteiger partial charge in [0.1, 0.15) is 0 Å². The third kappa shape index (κ3) is 19.2. The second kappa shape index (κ2) is 15.7. The fourth-order valence-electron chi connectivity index (χ4n) is 0.0707. The van der Waals surface area contributed by atoms with Crippen LogP contribution in [0.25, 0.3) is 0 Å². The Morgan fingerprint density at radius 2 is 1.29 bits per heavy atom. The summed E-state index contributed by atoms with van der Waals surface area (Å²) in [6, 6.07) is 0. The summed E-state index contributed by atoms with van der Waals surface area (Å²) in [5.41, 5.74) is 0. The first kappa shape index (κ1) is 15.7. The van der Waals surface area contributed by atoms with Crippen LogP contribution in [-0.4, -0.2) is 23.4 Å². The Bertz CT molecular complexity index is 25.3. The summed E-state index contributed by atoms with van der Waals surface area (Å²) in [5, 5.41) is 15.8. The summed E-state index contributed by atoms with van der Waals surface area (Å²) < 4.78 is 0. The number of hydrogen-bond donors (Lipinski definition) is 2. The normalized spacial score (nSPS) is 6.00. The van der Waals surface area contributed by atoms with E-state index < -0.39 is 0 Å². The Morgan fingerprint density at radius 3 is 1.29 bits per heavy atom. The van der Waals surface area contributed by atoms with Crippen molar-refractivity contribution in [1.82, 2.24) is 0 Å². The van der Waals surface area contributed by atoms with Crippen molar-refractivity contribution in [3.63, 3.8) is 0 Å². The molecule has 36 valence electrons. The maximum Gasteiger partial charge on any atom is 1.00 e. The van der Waals surface area contributed by atoms with Gasteiger partial charge in [-0.15, -0.1) is 0 Å². The predicted octanol–water partition coefficient (Wildman–Crippen LogP) is -6.41. The van der Waals surface area contributed by atoms with Gasteiger partial charge in [-0.1, -0.05) is 0 Å². The molecule has 0 fully saturated rings. The summed E-state index contributed by atoms with van der Waals surface area (Å²) >= 11 is 0. The number of hydrogen-bond acceptors (Lipinski definition) is 2. The summed E-state index contributed by atoms with van der Waals surface area (Å²) in [5.74, 6) is 0. The molecular weight excluding hydrogens is 81.9 g/mol. The zero-order valence-corrected chi connectivity index (χ0v) is 5.02. The first-order chi connectivity index (χ1) is 2.41. The monoisotopic (exact) mass is 92.1 g/mol. The van der Waals surface area contributed by atoms with Gasteiger partial charge in [0.25, 0.3) is 0 Å². The second-order valence-electron chi connectivity index (χ2n) is 0.801. The zero-order chi connectivity index (χ0) is 4.12. The van der Waals surface area contributed by atoms with Crippen molar-refractivity contribution in [3.05, 3.63) is 0 Å². The maximum absolute atomic E-state index is 7.91. The van der Waals surface area contributed by atoms with Crippen LogP contribution in [0.2, 0.25) is 0 Å². The van der Waals surface area contributed by atoms with E-state index in [2.05, 4.69) is 0 Å². The van der Waals surface area contributed by atoms with Gasteiger partial charge in [-0.2, -0.15) is 0 Å². The minimum Gasteiger partial charge on any atom is -1.00 e. The molecule has 4 heteroatoms. The van der Waals surface area contributed by atoms with E-state index in [9.17, 15) is 0 Å². The number of rotatable bonds is 2. The van der Waals surface area contributed by atoms with E-state index in [1.807, 2.05) is 0 Å². The molecule has 0 radical (unpaired) electrons. The number of aliphatic hydroxyl groups is 2. The average molecular weight is 92.0 g/mol. The third-order valence-corrected chi connectivity index (χ3v) is 0.316. The molecule has 0 atom stereocenters. The second-order valence-corrected chi connectivity index (χ2v) is 0.801. The molecule has 0 aliphatic rings. The Morgan fingerprint density at radius 1 is 1.00 bits per heavy atom. The molecule has 2 N–H and O–H groups in total. The molecule has 0 rings (SSSR count). The van der Waals surface area contributed by atoms with Gasteiger partial charge in [-0.3, -0.25) is 0 Å². The summed E-state index contributed by atoms with van der Waals surface area (Å²) in [7, 11) is 0. The standard InChI is InChI=1S/C3H8O2.2Li.2H/c4-2-1-3-5;;;;/h4-5H,1-3H2;;;;/q;2*+1;2*-1. The van der Waals surface area contributed by atoms with Crippen LogP contribution in [0.1, 0.15) is 9.27 Å². The van der Waals surface area contributed by atoms with E-state index in [-0.39, 0.29) is 53.8 Å². The fourth-order valence-corrected chi connectivity index (χ4v) is 0.0707. The topological polar surface area (TPSA) is 40.5 Å². The molecule has 0 aliphatic heterocycles. The Kier molecular flexibility index (Phi) is 35.2. The van der Waals surface area contributed by atoms with Crippen LogP contribution >= 0.6 is 0 Å². The first-order valence-corrected chi connectivity index (χ1v) is 1.63. The number of aliphatic hydroxyl groups excluding tert-OH is 2. The van der Waals surface area contributed by atoms with Gasteiger partial charge < -0.3 is 13.1 Å². The van der Waals surface area contributed by atoms with Crippen LogP contribution in [0.5, 0.6) is 0 Å². The smallest absolute Gasteiger partial charge is 1.00 e. The van der Waals surface area contributed by atoms with Crippen LogP contribution in [0.3, 0.4) is 0 Å². The molecule has 0 unspecified atom stereocenters. The van der Waals surface area contributed by atoms with Gasteiger partial charge in [0, 0.05) is 13.2 Å². The zero-order valence-electron chi connectivity index (χ0n) is 7.02. The minimum absolute atomic E-state index is 0. The summed E-state index contributed by atoms with van der Waals surface area (Å²) in [6.45, 7) is 0.188. The maximum atomic E-state index is 7.91. The molecule has 2 nitrogen and oxygen atoms in total. The molecule has 0 saturated heterocycles. The molecule has 7 heavy (non-hydrogen) atoms. The quantitative estimate of drug-likeness (QED) is 0.332. The summed E-state index contributed by atoms with van der Waals surface area (Å²) in [6.07, 6.45) is 0.500. The van der Waals surface area contributed by atoms with E-state index in [1.165, 1.54) is 0 Å². The largest absolute Gasteiger partial charge is 1.00 e. The summed E-state index contributed by atoms with van der Waals surface area (Å²) in [4.78, 5) is 0. The van der Waals surface area contributed by atoms with Gasteiger partial charge in [0.05, 0.1) is 0 Å². The van der Waals surface area contributed by atoms with Crippen molar-refractivity contribution in [2.45, 2.75) is 6.42 Å². The van der Waals surface area contributed by atoms with Gasteiger partial charge in [0.15, 0.2) is 0 Å². The van der Waals surface area contributed by atoms with Gasteiger partial charge >= 0.3 is 37.7 Å². The SMILES string of the molecule is OCCCO.[H-].[H-].[Li+].[Li+]. The molecule has 0 amide bonds. The van der Waals surface area contributed by atoms with E-state index in [4.69, 9.17) is 10.2 Å². The average Bonchev–Trinajstić information content (AvgIpc) is 1.41. The molecule has 0 saturated carbocycles. The van der Waals surface area contributed by atoms with Crippen molar-refractivity contribution < 1.29 is 50.8 Å². The fraction of sp³-hybridized carbons (Fsp3) is 1.00. The molecule has 0 bridgehead atoms. The van der Waals surface area contributed by atoms with Crippen molar-refractivity contribution in [1.29, 1.82) is 0 Å². The van der Waals surface area contributed by atoms with E-state index in [1.54, 1.807) is 0 Å². The molecule has 0 aliphatic carbocycles. The molecule has 0 aromatic rings. The Labute approximate surface area is 70.6 Å². The van der Waals surface area contributed by atoms with E-state index >= 15 is 0 Å². The van der Waals surface area contributed by atoms with Crippen LogP contribution < -0.4 is 37.7 Å². The predicted molar refractivity (Wildman–Crippen MR) is 21.0 cm³/mol. The van der Waals surface area contributed by atoms with Crippen molar-refractivity contribution in [2.75, 3.05) is 13.2 Å². The molecule has 0 spiro atoms. The van der Waals surface area contributed by atoms with Crippen LogP contribution in [0.15, 0.2) is 0 Å². The molecule has 0 aromatic carbocycles. The van der Waals surface area contributed by atoms with E-state index in [0.29, 0.717) is 6.42 Å². The van der Waals surface area contributed by atoms with Crippen molar-refractivity contribution >= 4 is 0 Å². The Hall–Kier alpha value is 1.11. The van der Waals surface area contributed by atoms with Crippen molar-refractivity contribution in [2.24, 2.45) is 0 Å². The van der Waals surface area contributed by atoms with Crippen LogP contribution in [0.4, 0.5) is 0 Å². The van der Waals surface area contributed by atoms with Crippen LogP contribution in [-0.2, 0) is 0 Å². The van der Waals surface area contributed by atoms with Crippen LogP contribution in [0, 0.1) is 0 Å². The molecule has 0 heterocycles. The van der Waals surface area contributed by atoms with E-state index in [0.717, 1.165) is 0 Å². The minimum atomic E-state index is 0. The third-order valence-electron chi connectivity index (χ3n) is 0.316. The van der Waals surface area contributed by atoms with Gasteiger partial charge in [-0.05, 0) is 6.42 Å². The molecule has 0 aromatic heterocycles. The first-order valence-electron chi connectivity index (χ1n) is 1.63.